The van der Waals surface area contributed by atoms with E-state index in [0.29, 0.717) is 19.1 Å². The number of aromatic amines is 1. The molecule has 0 bridgehead atoms. The summed E-state index contributed by atoms with van der Waals surface area (Å²) in [6.45, 7) is 4.36. The van der Waals surface area contributed by atoms with Gasteiger partial charge in [-0.25, -0.2) is 9.97 Å². The molecule has 0 amide bonds. The van der Waals surface area contributed by atoms with Crippen LogP contribution in [-0.2, 0) is 4.74 Å². The van der Waals surface area contributed by atoms with Crippen LogP contribution in [0.3, 0.4) is 0 Å². The van der Waals surface area contributed by atoms with Crippen molar-refractivity contribution in [3.8, 4) is 22.8 Å². The van der Waals surface area contributed by atoms with Gasteiger partial charge in [-0.15, -0.1) is 0 Å². The molecule has 0 radical (unpaired) electrons. The predicted octanol–water partition coefficient (Wildman–Crippen LogP) is 3.04. The van der Waals surface area contributed by atoms with Crippen molar-refractivity contribution in [2.24, 2.45) is 0 Å². The normalized spacial score (nSPS) is 17.0. The Hall–Kier alpha value is -3.39. The first-order valence-electron chi connectivity index (χ1n) is 9.61. The van der Waals surface area contributed by atoms with Crippen molar-refractivity contribution >= 4 is 16.9 Å². The molecule has 5 heterocycles. The lowest BCUT2D eigenvalue weighted by atomic mass is 10.0. The molecular formula is C21H22N6O2. The molecule has 4 aromatic heterocycles. The zero-order chi connectivity index (χ0) is 19.8. The molecular weight excluding hydrogens is 368 g/mol. The van der Waals surface area contributed by atoms with Crippen molar-refractivity contribution in [2.75, 3.05) is 31.8 Å². The Morgan fingerprint density at radius 2 is 2.14 bits per heavy atom. The van der Waals surface area contributed by atoms with E-state index in [9.17, 15) is 0 Å². The molecule has 0 unspecified atom stereocenters. The Labute approximate surface area is 168 Å². The van der Waals surface area contributed by atoms with Crippen molar-refractivity contribution in [3.63, 3.8) is 0 Å². The molecule has 0 aromatic carbocycles. The van der Waals surface area contributed by atoms with E-state index in [0.717, 1.165) is 40.3 Å². The van der Waals surface area contributed by atoms with Gasteiger partial charge < -0.3 is 14.4 Å². The van der Waals surface area contributed by atoms with Crippen LogP contribution in [0.4, 0.5) is 5.82 Å². The topological polar surface area (TPSA) is 81.1 Å². The largest absolute Gasteiger partial charge is 0.481 e. The van der Waals surface area contributed by atoms with Gasteiger partial charge in [-0.3, -0.25) is 9.67 Å². The van der Waals surface area contributed by atoms with Gasteiger partial charge in [-0.1, -0.05) is 0 Å². The number of methoxy groups -OCH3 is 1. The summed E-state index contributed by atoms with van der Waals surface area (Å²) in [5, 5.41) is 8.17. The van der Waals surface area contributed by atoms with E-state index in [4.69, 9.17) is 14.5 Å². The summed E-state index contributed by atoms with van der Waals surface area (Å²) in [6.07, 6.45) is 5.52. The maximum absolute atomic E-state index is 5.62. The Kier molecular flexibility index (Phi) is 4.40. The summed E-state index contributed by atoms with van der Waals surface area (Å²) in [4.78, 5) is 11.6. The van der Waals surface area contributed by atoms with Crippen LogP contribution in [0.5, 0.6) is 5.88 Å². The van der Waals surface area contributed by atoms with Crippen LogP contribution < -0.4 is 9.64 Å². The summed E-state index contributed by atoms with van der Waals surface area (Å²) in [7, 11) is 1.63. The minimum atomic E-state index is 0.254. The van der Waals surface area contributed by atoms with Crippen LogP contribution in [-0.4, -0.2) is 57.6 Å². The fourth-order valence-corrected chi connectivity index (χ4v) is 3.82. The van der Waals surface area contributed by atoms with E-state index in [1.165, 1.54) is 0 Å². The van der Waals surface area contributed by atoms with Crippen molar-refractivity contribution in [1.82, 2.24) is 24.7 Å². The van der Waals surface area contributed by atoms with E-state index >= 15 is 0 Å². The number of nitrogens with one attached hydrogen (secondary N) is 1. The van der Waals surface area contributed by atoms with Gasteiger partial charge in [0.25, 0.3) is 0 Å². The van der Waals surface area contributed by atoms with E-state index in [1.54, 1.807) is 19.5 Å². The third-order valence-electron chi connectivity index (χ3n) is 5.31. The first-order valence-corrected chi connectivity index (χ1v) is 9.61. The molecule has 1 atom stereocenters. The van der Waals surface area contributed by atoms with Gasteiger partial charge in [0.1, 0.15) is 17.3 Å². The Bertz CT molecular complexity index is 1140. The molecule has 148 valence electrons. The number of ether oxygens (including phenoxy) is 2. The molecule has 1 saturated heterocycles. The minimum absolute atomic E-state index is 0.254. The first-order chi connectivity index (χ1) is 14.2. The second kappa shape index (κ2) is 7.21. The van der Waals surface area contributed by atoms with Crippen molar-refractivity contribution in [2.45, 2.75) is 13.0 Å². The van der Waals surface area contributed by atoms with Gasteiger partial charge in [-0.2, -0.15) is 5.10 Å². The summed E-state index contributed by atoms with van der Waals surface area (Å²) >= 11 is 0. The molecule has 1 aliphatic rings. The second-order valence-electron chi connectivity index (χ2n) is 7.10. The Morgan fingerprint density at radius 1 is 1.21 bits per heavy atom. The maximum atomic E-state index is 5.62. The van der Waals surface area contributed by atoms with Gasteiger partial charge in [0.05, 0.1) is 32.6 Å². The molecule has 5 rings (SSSR count). The Morgan fingerprint density at radius 3 is 2.93 bits per heavy atom. The Balaban J connectivity index is 1.74. The lowest BCUT2D eigenvalue weighted by Crippen LogP contribution is -2.44. The SMILES string of the molecule is COc1cc(-c2cc(N3CCOC[C@H]3C)nc3c2ccn3-c2ccn[nH]2)ccn1. The fraction of sp³-hybridized carbons (Fsp3) is 0.286. The zero-order valence-corrected chi connectivity index (χ0v) is 16.4. The summed E-state index contributed by atoms with van der Waals surface area (Å²) < 4.78 is 13.0. The van der Waals surface area contributed by atoms with Crippen LogP contribution in [0.2, 0.25) is 0 Å². The average Bonchev–Trinajstić information content (AvgIpc) is 3.43. The number of anilines is 1. The minimum Gasteiger partial charge on any atom is -0.481 e. The molecule has 8 heteroatoms. The zero-order valence-electron chi connectivity index (χ0n) is 16.4. The highest BCUT2D eigenvalue weighted by Crippen LogP contribution is 2.34. The van der Waals surface area contributed by atoms with E-state index in [1.807, 2.05) is 29.0 Å². The number of aromatic nitrogens is 5. The summed E-state index contributed by atoms with van der Waals surface area (Å²) in [6, 6.07) is 10.4. The molecule has 0 saturated carbocycles. The first kappa shape index (κ1) is 17.7. The average molecular weight is 390 g/mol. The monoisotopic (exact) mass is 390 g/mol. The molecule has 1 aliphatic heterocycles. The third kappa shape index (κ3) is 3.11. The van der Waals surface area contributed by atoms with E-state index < -0.39 is 0 Å². The summed E-state index contributed by atoms with van der Waals surface area (Å²) in [5.41, 5.74) is 2.99. The van der Waals surface area contributed by atoms with Gasteiger partial charge in [0, 0.05) is 36.5 Å². The van der Waals surface area contributed by atoms with Gasteiger partial charge >= 0.3 is 0 Å². The predicted molar refractivity (Wildman–Crippen MR) is 111 cm³/mol. The lowest BCUT2D eigenvalue weighted by Gasteiger charge is -2.34. The molecule has 1 fully saturated rings. The fourth-order valence-electron chi connectivity index (χ4n) is 3.82. The highest BCUT2D eigenvalue weighted by atomic mass is 16.5. The molecule has 0 spiro atoms. The number of pyridine rings is 2. The molecule has 4 aromatic rings. The number of H-pyrrole nitrogens is 1. The van der Waals surface area contributed by atoms with E-state index in [-0.39, 0.29) is 6.04 Å². The van der Waals surface area contributed by atoms with Crippen molar-refractivity contribution < 1.29 is 9.47 Å². The number of morpholine rings is 1. The molecule has 0 aliphatic carbocycles. The van der Waals surface area contributed by atoms with Gasteiger partial charge in [0.15, 0.2) is 0 Å². The quantitative estimate of drug-likeness (QED) is 0.577. The maximum Gasteiger partial charge on any atom is 0.213 e. The van der Waals surface area contributed by atoms with Crippen molar-refractivity contribution in [1.29, 1.82) is 0 Å². The number of rotatable bonds is 4. The molecule has 8 nitrogen and oxygen atoms in total. The van der Waals surface area contributed by atoms with Crippen molar-refractivity contribution in [3.05, 3.63) is 48.9 Å². The van der Waals surface area contributed by atoms with E-state index in [2.05, 4.69) is 39.1 Å². The smallest absolute Gasteiger partial charge is 0.213 e. The van der Waals surface area contributed by atoms with Crippen LogP contribution in [0.1, 0.15) is 6.92 Å². The molecule has 1 N–H and O–H groups in total. The highest BCUT2D eigenvalue weighted by Gasteiger charge is 2.23. The number of hydrogen-bond donors (Lipinski definition) is 1. The molecule has 29 heavy (non-hydrogen) atoms. The van der Waals surface area contributed by atoms with Crippen LogP contribution >= 0.6 is 0 Å². The van der Waals surface area contributed by atoms with Gasteiger partial charge in [0.2, 0.25) is 5.88 Å². The van der Waals surface area contributed by atoms with Crippen LogP contribution in [0.25, 0.3) is 28.0 Å². The number of nitrogens with zero attached hydrogens (tertiary/aromatic N) is 5. The highest BCUT2D eigenvalue weighted by molar-refractivity contribution is 5.96. The lowest BCUT2D eigenvalue weighted by molar-refractivity contribution is 0.0986. The van der Waals surface area contributed by atoms with Gasteiger partial charge in [-0.05, 0) is 36.2 Å². The standard InChI is InChI=1S/C21H22N6O2/c1-14-13-29-10-9-26(14)19-12-17(15-3-6-22-20(11-15)28-2)16-5-8-27(21(16)24-19)18-4-7-23-25-18/h3-8,11-12,14H,9-10,13H2,1-2H3,(H,23,25)/t14-/m1/s1. The second-order valence-corrected chi connectivity index (χ2v) is 7.10. The summed E-state index contributed by atoms with van der Waals surface area (Å²) in [5.74, 6) is 2.39. The number of fused-ring (bicyclic) bond motifs is 1. The number of hydrogen-bond acceptors (Lipinski definition) is 6. The van der Waals surface area contributed by atoms with Crippen LogP contribution in [0, 0.1) is 0 Å². The third-order valence-corrected chi connectivity index (χ3v) is 5.31. The van der Waals surface area contributed by atoms with Crippen LogP contribution in [0.15, 0.2) is 48.9 Å².